The van der Waals surface area contributed by atoms with Crippen LogP contribution < -0.4 is 11.2 Å². The van der Waals surface area contributed by atoms with Crippen LogP contribution in [-0.4, -0.2) is 55.8 Å². The molecule has 4 atom stereocenters. The topological polar surface area (TPSA) is 143 Å². The van der Waals surface area contributed by atoms with Gasteiger partial charge in [-0.1, -0.05) is 0 Å². The zero-order chi connectivity index (χ0) is 21.0. The van der Waals surface area contributed by atoms with Gasteiger partial charge in [0.2, 0.25) is 0 Å². The van der Waals surface area contributed by atoms with Gasteiger partial charge >= 0.3 is 11.7 Å². The molecule has 10 heteroatoms. The molecule has 0 spiro atoms. The molecule has 5 aliphatic rings. The molecule has 0 radical (unpaired) electrons. The molecule has 0 amide bonds. The normalized spacial score (nSPS) is 41.8. The Morgan fingerprint density at radius 3 is 2.37 bits per heavy atom. The van der Waals surface area contributed by atoms with Crippen molar-refractivity contribution in [2.24, 2.45) is 23.2 Å². The average Bonchev–Trinajstić information content (AvgIpc) is 2.99. The maximum Gasteiger partial charge on any atom is 0.351 e. The Morgan fingerprint density at radius 1 is 1.20 bits per heavy atom. The van der Waals surface area contributed by atoms with Crippen LogP contribution in [0.25, 0.3) is 0 Å². The van der Waals surface area contributed by atoms with Gasteiger partial charge in [0.25, 0.3) is 0 Å². The third-order valence-corrected chi connectivity index (χ3v) is 7.34. The number of aliphatic hydroxyl groups is 3. The third kappa shape index (κ3) is 3.22. The van der Waals surface area contributed by atoms with E-state index in [4.69, 9.17) is 9.57 Å². The maximum absolute atomic E-state index is 12.9. The van der Waals surface area contributed by atoms with E-state index in [0.29, 0.717) is 17.8 Å². The molecule has 0 aromatic carbocycles. The Hall–Kier alpha value is -2.01. The summed E-state index contributed by atoms with van der Waals surface area (Å²) < 4.78 is 6.37. The summed E-state index contributed by atoms with van der Waals surface area (Å²) in [5.41, 5.74) is 1.33. The zero-order valence-corrected chi connectivity index (χ0v) is 16.5. The van der Waals surface area contributed by atoms with E-state index in [0.717, 1.165) is 23.8 Å². The Morgan fingerprint density at radius 2 is 1.83 bits per heavy atom. The molecule has 4 bridgehead atoms. The number of carbonyl (C=O) groups is 1. The van der Waals surface area contributed by atoms with Crippen LogP contribution in [0.1, 0.15) is 44.8 Å². The lowest BCUT2D eigenvalue weighted by Gasteiger charge is -2.54. The van der Waals surface area contributed by atoms with E-state index in [-0.39, 0.29) is 11.8 Å². The van der Waals surface area contributed by atoms with Crippen LogP contribution in [0, 0.1) is 23.2 Å². The van der Waals surface area contributed by atoms with Crippen molar-refractivity contribution in [2.45, 2.75) is 63.1 Å². The lowest BCUT2D eigenvalue weighted by molar-refractivity contribution is -0.168. The summed E-state index contributed by atoms with van der Waals surface area (Å²) in [5.74, 6) is 1.63. The number of ether oxygens (including phenoxy) is 1. The van der Waals surface area contributed by atoms with E-state index in [1.807, 2.05) is 0 Å². The molecular weight excluding hydrogens is 394 g/mol. The van der Waals surface area contributed by atoms with Gasteiger partial charge in [-0.05, 0) is 56.3 Å². The lowest BCUT2D eigenvalue weighted by Crippen LogP contribution is -2.51. The number of aromatic nitrogens is 2. The highest BCUT2D eigenvalue weighted by molar-refractivity contribution is 5.78. The summed E-state index contributed by atoms with van der Waals surface area (Å²) in [5, 5.41) is 29.1. The fourth-order valence-corrected chi connectivity index (χ4v) is 6.34. The van der Waals surface area contributed by atoms with E-state index in [1.165, 1.54) is 31.5 Å². The SMILES string of the molecule is O=C(ONc1ccn([C@@H]2O[C@H](CO)[C@@H](O)[C@H]2O)c(=O)n1)C12CC3CC(CC(C3)C1)C2. The van der Waals surface area contributed by atoms with Crippen LogP contribution in [-0.2, 0) is 14.4 Å². The van der Waals surface area contributed by atoms with Gasteiger partial charge in [0.15, 0.2) is 12.0 Å². The van der Waals surface area contributed by atoms with Crippen molar-refractivity contribution in [3.63, 3.8) is 0 Å². The monoisotopic (exact) mass is 421 g/mol. The minimum atomic E-state index is -1.38. The van der Waals surface area contributed by atoms with Gasteiger partial charge in [-0.25, -0.2) is 15.1 Å². The number of hydrogen-bond acceptors (Lipinski definition) is 9. The molecule has 1 saturated heterocycles. The number of nitrogens with zero attached hydrogens (tertiary/aromatic N) is 2. The summed E-state index contributed by atoms with van der Waals surface area (Å²) in [6.45, 7) is -0.489. The number of anilines is 1. The molecule has 1 aliphatic heterocycles. The number of nitrogens with one attached hydrogen (secondary N) is 1. The Labute approximate surface area is 172 Å². The number of carbonyl (C=O) groups excluding carboxylic acids is 1. The number of aliphatic hydroxyl groups excluding tert-OH is 3. The van der Waals surface area contributed by atoms with E-state index in [2.05, 4.69) is 10.5 Å². The van der Waals surface area contributed by atoms with Gasteiger partial charge in [-0.2, -0.15) is 4.98 Å². The van der Waals surface area contributed by atoms with Crippen molar-refractivity contribution in [1.29, 1.82) is 0 Å². The van der Waals surface area contributed by atoms with Crippen LogP contribution in [0.2, 0.25) is 0 Å². The Balaban J connectivity index is 1.25. The fraction of sp³-hybridized carbons (Fsp3) is 0.750. The van der Waals surface area contributed by atoms with Crippen LogP contribution in [0.3, 0.4) is 0 Å². The van der Waals surface area contributed by atoms with Crippen LogP contribution in [0.15, 0.2) is 17.1 Å². The maximum atomic E-state index is 12.9. The molecule has 4 aliphatic carbocycles. The quantitative estimate of drug-likeness (QED) is 0.481. The summed E-state index contributed by atoms with van der Waals surface area (Å²) in [4.78, 5) is 34.4. The first-order valence-corrected chi connectivity index (χ1v) is 10.6. The first-order chi connectivity index (χ1) is 14.4. The second-order valence-corrected chi connectivity index (χ2v) is 9.42. The summed E-state index contributed by atoms with van der Waals surface area (Å²) >= 11 is 0. The first-order valence-electron chi connectivity index (χ1n) is 10.6. The highest BCUT2D eigenvalue weighted by Crippen LogP contribution is 2.60. The van der Waals surface area contributed by atoms with Gasteiger partial charge in [0, 0.05) is 12.3 Å². The standard InChI is InChI=1S/C20H27N3O7/c24-9-13-15(25)16(26)17(29-13)23-2-1-14(21-19(23)28)22-30-18(27)20-6-10-3-11(7-20)5-12(4-10)8-20/h1-2,10-13,15-17,24-26H,3-9H2,(H,21,22,28)/t10?,11?,12?,13-,15-,16-,17-,20?/m1/s1. The molecule has 2 heterocycles. The van der Waals surface area contributed by atoms with Crippen molar-refractivity contribution in [3.8, 4) is 0 Å². The van der Waals surface area contributed by atoms with Gasteiger partial charge < -0.3 is 24.9 Å². The predicted octanol–water partition coefficient (Wildman–Crippen LogP) is -0.0587. The second-order valence-electron chi connectivity index (χ2n) is 9.42. The van der Waals surface area contributed by atoms with Crippen molar-refractivity contribution in [3.05, 3.63) is 22.7 Å². The molecule has 1 aromatic rings. The summed E-state index contributed by atoms with van der Waals surface area (Å²) in [7, 11) is 0. The zero-order valence-electron chi connectivity index (χ0n) is 16.5. The second kappa shape index (κ2) is 7.30. The lowest BCUT2D eigenvalue weighted by atomic mass is 9.49. The first kappa shape index (κ1) is 19.9. The number of hydrogen-bond donors (Lipinski definition) is 4. The molecule has 10 nitrogen and oxygen atoms in total. The van der Waals surface area contributed by atoms with Crippen molar-refractivity contribution < 1.29 is 29.7 Å². The minimum Gasteiger partial charge on any atom is -0.394 e. The largest absolute Gasteiger partial charge is 0.394 e. The molecule has 6 rings (SSSR count). The van der Waals surface area contributed by atoms with E-state index >= 15 is 0 Å². The van der Waals surface area contributed by atoms with Crippen LogP contribution >= 0.6 is 0 Å². The van der Waals surface area contributed by atoms with E-state index < -0.39 is 42.3 Å². The van der Waals surface area contributed by atoms with Gasteiger partial charge in [-0.15, -0.1) is 0 Å². The minimum absolute atomic E-state index is 0.0704. The number of rotatable bonds is 5. The highest BCUT2D eigenvalue weighted by atomic mass is 16.7. The average molecular weight is 421 g/mol. The Bertz CT molecular complexity index is 852. The molecule has 1 aromatic heterocycles. The van der Waals surface area contributed by atoms with Gasteiger partial charge in [0.05, 0.1) is 12.0 Å². The van der Waals surface area contributed by atoms with Crippen molar-refractivity contribution >= 4 is 11.8 Å². The molecule has 0 unspecified atom stereocenters. The molecular formula is C20H27N3O7. The fourth-order valence-electron chi connectivity index (χ4n) is 6.34. The summed E-state index contributed by atoms with van der Waals surface area (Å²) in [6, 6.07) is 1.42. The van der Waals surface area contributed by atoms with E-state index in [1.54, 1.807) is 0 Å². The summed E-state index contributed by atoms with van der Waals surface area (Å²) in [6.07, 6.45) is 2.77. The smallest absolute Gasteiger partial charge is 0.351 e. The van der Waals surface area contributed by atoms with Crippen molar-refractivity contribution in [1.82, 2.24) is 9.55 Å². The van der Waals surface area contributed by atoms with Crippen LogP contribution in [0.5, 0.6) is 0 Å². The molecule has 4 saturated carbocycles. The predicted molar refractivity (Wildman–Crippen MR) is 102 cm³/mol. The van der Waals surface area contributed by atoms with Crippen LogP contribution in [0.4, 0.5) is 5.82 Å². The molecule has 4 N–H and O–H groups in total. The van der Waals surface area contributed by atoms with E-state index in [9.17, 15) is 24.9 Å². The van der Waals surface area contributed by atoms with Gasteiger partial charge in [0.1, 0.15) is 18.3 Å². The van der Waals surface area contributed by atoms with Crippen molar-refractivity contribution in [2.75, 3.05) is 12.1 Å². The Kier molecular flexibility index (Phi) is 4.85. The molecule has 30 heavy (non-hydrogen) atoms. The molecule has 5 fully saturated rings. The third-order valence-electron chi connectivity index (χ3n) is 7.34. The molecule has 164 valence electrons. The highest BCUT2D eigenvalue weighted by Gasteiger charge is 2.55. The van der Waals surface area contributed by atoms with Gasteiger partial charge in [-0.3, -0.25) is 4.57 Å².